The number of nitrogens with zero attached hydrogens (tertiary/aromatic N) is 2. The average Bonchev–Trinajstić information content (AvgIpc) is 2.65. The summed E-state index contributed by atoms with van der Waals surface area (Å²) in [5, 5.41) is 3.43. The van der Waals surface area contributed by atoms with Crippen LogP contribution in [0.15, 0.2) is 21.4 Å². The molecule has 1 heterocycles. The topological polar surface area (TPSA) is 39.0 Å². The predicted molar refractivity (Wildman–Crippen MR) is 91.7 cm³/mol. The van der Waals surface area contributed by atoms with Crippen LogP contribution in [0.2, 0.25) is 0 Å². The summed E-state index contributed by atoms with van der Waals surface area (Å²) in [7, 11) is 5.63. The third-order valence-electron chi connectivity index (χ3n) is 4.35. The Morgan fingerprint density at radius 3 is 2.33 bits per heavy atom. The van der Waals surface area contributed by atoms with Crippen LogP contribution in [-0.4, -0.2) is 16.2 Å². The Bertz CT molecular complexity index is 702. The summed E-state index contributed by atoms with van der Waals surface area (Å²) in [6, 6.07) is 4.46. The largest absolute Gasteiger partial charge is 0.328 e. The van der Waals surface area contributed by atoms with Gasteiger partial charge >= 0.3 is 5.69 Å². The monoisotopic (exact) mass is 353 g/mol. The zero-order chi connectivity index (χ0) is 15.7. The second-order valence-electron chi connectivity index (χ2n) is 5.80. The minimum absolute atomic E-state index is 0.0108. The van der Waals surface area contributed by atoms with Crippen LogP contribution in [0.25, 0.3) is 11.0 Å². The van der Waals surface area contributed by atoms with Crippen molar-refractivity contribution in [2.45, 2.75) is 32.7 Å². The van der Waals surface area contributed by atoms with Crippen molar-refractivity contribution in [1.29, 1.82) is 0 Å². The smallest absolute Gasteiger partial charge is 0.313 e. The number of hydrogen-bond acceptors (Lipinski definition) is 2. The average molecular weight is 354 g/mol. The zero-order valence-electron chi connectivity index (χ0n) is 13.4. The molecule has 1 N–H and O–H groups in total. The molecule has 2 aromatic rings. The van der Waals surface area contributed by atoms with Gasteiger partial charge in [-0.15, -0.1) is 0 Å². The van der Waals surface area contributed by atoms with Gasteiger partial charge in [0.1, 0.15) is 0 Å². The minimum atomic E-state index is 0.0108. The van der Waals surface area contributed by atoms with Gasteiger partial charge in [0.25, 0.3) is 0 Å². The van der Waals surface area contributed by atoms with E-state index < -0.39 is 0 Å². The SMILES string of the molecule is CCCC(C)C(NC)c1cc2c(cc1Br)n(C)c(=O)n2C. The number of aryl methyl sites for hydroxylation is 2. The molecule has 0 bridgehead atoms. The summed E-state index contributed by atoms with van der Waals surface area (Å²) < 4.78 is 4.45. The molecule has 0 aliphatic carbocycles. The first-order valence-corrected chi connectivity index (χ1v) is 8.23. The lowest BCUT2D eigenvalue weighted by molar-refractivity contribution is 0.383. The highest BCUT2D eigenvalue weighted by Crippen LogP contribution is 2.33. The Balaban J connectivity index is 2.61. The Morgan fingerprint density at radius 1 is 1.24 bits per heavy atom. The maximum absolute atomic E-state index is 12.1. The number of hydrogen-bond donors (Lipinski definition) is 1. The van der Waals surface area contributed by atoms with Crippen LogP contribution < -0.4 is 11.0 Å². The number of benzene rings is 1. The highest BCUT2D eigenvalue weighted by Gasteiger charge is 2.21. The highest BCUT2D eigenvalue weighted by atomic mass is 79.9. The van der Waals surface area contributed by atoms with Crippen LogP contribution in [0.3, 0.4) is 0 Å². The lowest BCUT2D eigenvalue weighted by atomic mass is 9.91. The molecule has 4 nitrogen and oxygen atoms in total. The number of fused-ring (bicyclic) bond motifs is 1. The van der Waals surface area contributed by atoms with Crippen molar-refractivity contribution in [2.24, 2.45) is 20.0 Å². The van der Waals surface area contributed by atoms with Crippen molar-refractivity contribution >= 4 is 27.0 Å². The molecule has 0 aliphatic heterocycles. The normalized spacial score (nSPS) is 14.6. The summed E-state index contributed by atoms with van der Waals surface area (Å²) in [5.41, 5.74) is 3.16. The first-order chi connectivity index (χ1) is 9.92. The van der Waals surface area contributed by atoms with E-state index in [0.29, 0.717) is 5.92 Å². The molecule has 5 heteroatoms. The van der Waals surface area contributed by atoms with Crippen molar-refractivity contribution in [3.8, 4) is 0 Å². The van der Waals surface area contributed by atoms with Crippen molar-refractivity contribution in [3.05, 3.63) is 32.7 Å². The Hall–Kier alpha value is -1.07. The molecule has 2 atom stereocenters. The van der Waals surface area contributed by atoms with Gasteiger partial charge in [-0.2, -0.15) is 0 Å². The van der Waals surface area contributed by atoms with Gasteiger partial charge in [0.05, 0.1) is 11.0 Å². The lowest BCUT2D eigenvalue weighted by Gasteiger charge is -2.25. The Kier molecular flexibility index (Phi) is 4.94. The summed E-state index contributed by atoms with van der Waals surface area (Å²) in [5.74, 6) is 0.537. The van der Waals surface area contributed by atoms with Gasteiger partial charge in [-0.05, 0) is 37.1 Å². The standard InChI is InChI=1S/C16H24BrN3O/c1-6-7-10(2)15(18-3)11-8-13-14(9-12(11)17)20(5)16(21)19(13)4/h8-10,15,18H,6-7H2,1-5H3. The molecule has 21 heavy (non-hydrogen) atoms. The van der Waals surface area contributed by atoms with Gasteiger partial charge in [-0.25, -0.2) is 4.79 Å². The molecule has 1 aromatic heterocycles. The van der Waals surface area contributed by atoms with E-state index in [1.54, 1.807) is 9.13 Å². The number of rotatable bonds is 5. The predicted octanol–water partition coefficient (Wildman–Crippen LogP) is 3.34. The molecule has 0 saturated carbocycles. The third-order valence-corrected chi connectivity index (χ3v) is 5.04. The molecule has 116 valence electrons. The number of aromatic nitrogens is 2. The maximum atomic E-state index is 12.1. The summed E-state index contributed by atoms with van der Waals surface area (Å²) in [6.45, 7) is 4.48. The molecule has 0 radical (unpaired) electrons. The van der Waals surface area contributed by atoms with E-state index in [4.69, 9.17) is 0 Å². The number of halogens is 1. The fraction of sp³-hybridized carbons (Fsp3) is 0.562. The van der Waals surface area contributed by atoms with Crippen molar-refractivity contribution in [2.75, 3.05) is 7.05 Å². The van der Waals surface area contributed by atoms with E-state index in [-0.39, 0.29) is 11.7 Å². The molecule has 0 spiro atoms. The third kappa shape index (κ3) is 2.81. The number of nitrogens with one attached hydrogen (secondary N) is 1. The van der Waals surface area contributed by atoms with Crippen LogP contribution in [0.1, 0.15) is 38.3 Å². The second-order valence-corrected chi connectivity index (χ2v) is 6.65. The first-order valence-electron chi connectivity index (χ1n) is 7.44. The fourth-order valence-corrected chi connectivity index (χ4v) is 3.72. The molecule has 0 amide bonds. The van der Waals surface area contributed by atoms with Gasteiger partial charge in [0, 0.05) is 24.6 Å². The molecule has 0 fully saturated rings. The van der Waals surface area contributed by atoms with Crippen LogP contribution in [-0.2, 0) is 14.1 Å². The van der Waals surface area contributed by atoms with E-state index in [9.17, 15) is 4.79 Å². The van der Waals surface area contributed by atoms with Crippen molar-refractivity contribution in [1.82, 2.24) is 14.5 Å². The Morgan fingerprint density at radius 2 is 1.81 bits per heavy atom. The first kappa shape index (κ1) is 16.3. The van der Waals surface area contributed by atoms with Crippen LogP contribution in [0.5, 0.6) is 0 Å². The second kappa shape index (κ2) is 6.36. The minimum Gasteiger partial charge on any atom is -0.313 e. The molecule has 0 aliphatic rings. The molecule has 0 saturated heterocycles. The van der Waals surface area contributed by atoms with E-state index >= 15 is 0 Å². The molecule has 2 unspecified atom stereocenters. The van der Waals surface area contributed by atoms with Gasteiger partial charge in [-0.1, -0.05) is 36.2 Å². The van der Waals surface area contributed by atoms with Crippen LogP contribution in [0.4, 0.5) is 0 Å². The van der Waals surface area contributed by atoms with E-state index in [1.165, 1.54) is 18.4 Å². The molecular formula is C16H24BrN3O. The van der Waals surface area contributed by atoms with E-state index in [2.05, 4.69) is 47.2 Å². The highest BCUT2D eigenvalue weighted by molar-refractivity contribution is 9.10. The van der Waals surface area contributed by atoms with Crippen LogP contribution in [0, 0.1) is 5.92 Å². The maximum Gasteiger partial charge on any atom is 0.328 e. The summed E-state index contributed by atoms with van der Waals surface area (Å²) in [6.07, 6.45) is 2.34. The van der Waals surface area contributed by atoms with Crippen molar-refractivity contribution < 1.29 is 0 Å². The molecule has 2 rings (SSSR count). The number of imidazole rings is 1. The van der Waals surface area contributed by atoms with Crippen molar-refractivity contribution in [3.63, 3.8) is 0 Å². The molecular weight excluding hydrogens is 330 g/mol. The van der Waals surface area contributed by atoms with E-state index in [1.807, 2.05) is 21.1 Å². The van der Waals surface area contributed by atoms with Gasteiger partial charge in [0.15, 0.2) is 0 Å². The zero-order valence-corrected chi connectivity index (χ0v) is 15.0. The van der Waals surface area contributed by atoms with Crippen LogP contribution >= 0.6 is 15.9 Å². The summed E-state index contributed by atoms with van der Waals surface area (Å²) >= 11 is 3.68. The molecule has 1 aromatic carbocycles. The van der Waals surface area contributed by atoms with Gasteiger partial charge in [-0.3, -0.25) is 9.13 Å². The van der Waals surface area contributed by atoms with Gasteiger partial charge in [0.2, 0.25) is 0 Å². The van der Waals surface area contributed by atoms with E-state index in [0.717, 1.165) is 15.5 Å². The quantitative estimate of drug-likeness (QED) is 0.895. The fourth-order valence-electron chi connectivity index (χ4n) is 3.14. The summed E-state index contributed by atoms with van der Waals surface area (Å²) in [4.78, 5) is 12.1. The van der Waals surface area contributed by atoms with Gasteiger partial charge < -0.3 is 5.32 Å². The Labute approximate surface area is 134 Å². The lowest BCUT2D eigenvalue weighted by Crippen LogP contribution is -2.24.